The van der Waals surface area contributed by atoms with E-state index in [4.69, 9.17) is 5.11 Å². The van der Waals surface area contributed by atoms with Gasteiger partial charge in [-0.1, -0.05) is 13.3 Å². The van der Waals surface area contributed by atoms with Crippen LogP contribution in [0.2, 0.25) is 0 Å². The number of hydrogen-bond donors (Lipinski definition) is 3. The van der Waals surface area contributed by atoms with Crippen molar-refractivity contribution >= 4 is 11.9 Å². The number of nitrogens with zero attached hydrogens (tertiary/aromatic N) is 2. The molecule has 0 spiro atoms. The Morgan fingerprint density at radius 3 is 2.89 bits per heavy atom. The molecule has 7 heteroatoms. The van der Waals surface area contributed by atoms with E-state index in [-0.39, 0.29) is 23.7 Å². The van der Waals surface area contributed by atoms with Crippen LogP contribution < -0.4 is 5.32 Å². The van der Waals surface area contributed by atoms with Gasteiger partial charge in [-0.3, -0.25) is 14.7 Å². The number of aliphatic carboxylic acids is 1. The van der Waals surface area contributed by atoms with Crippen LogP contribution in [0.4, 0.5) is 0 Å². The van der Waals surface area contributed by atoms with E-state index in [2.05, 4.69) is 20.5 Å². The van der Waals surface area contributed by atoms with Crippen molar-refractivity contribution in [2.24, 2.45) is 5.92 Å². The van der Waals surface area contributed by atoms with Crippen LogP contribution in [0.3, 0.4) is 0 Å². The minimum absolute atomic E-state index is 0.106. The predicted molar refractivity (Wildman–Crippen MR) is 66.6 cm³/mol. The second-order valence-corrected chi connectivity index (χ2v) is 4.83. The highest BCUT2D eigenvalue weighted by molar-refractivity contribution is 5.90. The molecule has 104 valence electrons. The molecule has 7 nitrogen and oxygen atoms in total. The lowest BCUT2D eigenvalue weighted by Gasteiger charge is -2.26. The number of aromatic nitrogens is 3. The topological polar surface area (TPSA) is 108 Å². The molecule has 2 atom stereocenters. The van der Waals surface area contributed by atoms with E-state index in [1.165, 1.54) is 0 Å². The van der Waals surface area contributed by atoms with E-state index in [0.29, 0.717) is 25.1 Å². The Morgan fingerprint density at radius 1 is 1.47 bits per heavy atom. The van der Waals surface area contributed by atoms with E-state index in [1.54, 1.807) is 0 Å². The van der Waals surface area contributed by atoms with Crippen molar-refractivity contribution in [2.45, 2.75) is 45.1 Å². The van der Waals surface area contributed by atoms with E-state index in [9.17, 15) is 9.59 Å². The third-order valence-electron chi connectivity index (χ3n) is 3.43. The third kappa shape index (κ3) is 3.30. The largest absolute Gasteiger partial charge is 0.481 e. The van der Waals surface area contributed by atoms with Crippen molar-refractivity contribution in [1.82, 2.24) is 20.5 Å². The molecule has 2 rings (SSSR count). The Labute approximate surface area is 110 Å². The smallest absolute Gasteiger partial charge is 0.306 e. The summed E-state index contributed by atoms with van der Waals surface area (Å²) in [6, 6.07) is -0.106. The molecule has 0 aliphatic heterocycles. The molecule has 19 heavy (non-hydrogen) atoms. The first-order chi connectivity index (χ1) is 9.10. The fraction of sp³-hybridized carbons (Fsp3) is 0.667. The van der Waals surface area contributed by atoms with Crippen LogP contribution >= 0.6 is 0 Å². The molecule has 1 heterocycles. The molecule has 3 N–H and O–H groups in total. The van der Waals surface area contributed by atoms with E-state index >= 15 is 0 Å². The maximum atomic E-state index is 11.9. The first-order valence-corrected chi connectivity index (χ1v) is 6.55. The highest BCUT2D eigenvalue weighted by Gasteiger charge is 2.28. The number of carbonyl (C=O) groups excluding carboxylic acids is 1. The SMILES string of the molecule is CCc1nc(C(=O)NC2CCCC(C(=O)O)C2)n[nH]1. The fourth-order valence-corrected chi connectivity index (χ4v) is 2.35. The monoisotopic (exact) mass is 266 g/mol. The standard InChI is InChI=1S/C12H18N4O3/c1-2-9-14-10(16-15-9)11(17)13-8-5-3-4-7(6-8)12(18)19/h7-8H,2-6H2,1H3,(H,13,17)(H,18,19)(H,14,15,16). The van der Waals surface area contributed by atoms with Gasteiger partial charge in [-0.25, -0.2) is 4.98 Å². The number of aromatic amines is 1. The van der Waals surface area contributed by atoms with Crippen molar-refractivity contribution in [2.75, 3.05) is 0 Å². The highest BCUT2D eigenvalue weighted by atomic mass is 16.4. The van der Waals surface area contributed by atoms with Gasteiger partial charge in [-0.15, -0.1) is 5.10 Å². The average Bonchev–Trinajstić information content (AvgIpc) is 2.88. The lowest BCUT2D eigenvalue weighted by Crippen LogP contribution is -2.40. The second-order valence-electron chi connectivity index (χ2n) is 4.83. The molecule has 1 saturated carbocycles. The summed E-state index contributed by atoms with van der Waals surface area (Å²) in [6.07, 6.45) is 3.47. The zero-order valence-corrected chi connectivity index (χ0v) is 10.8. The summed E-state index contributed by atoms with van der Waals surface area (Å²) in [4.78, 5) is 26.9. The van der Waals surface area contributed by atoms with Crippen LogP contribution in [0.15, 0.2) is 0 Å². The number of aryl methyl sites for hydroxylation is 1. The number of carbonyl (C=O) groups is 2. The van der Waals surface area contributed by atoms with Gasteiger partial charge in [0.1, 0.15) is 5.82 Å². The van der Waals surface area contributed by atoms with Gasteiger partial charge in [0.25, 0.3) is 5.91 Å². The summed E-state index contributed by atoms with van der Waals surface area (Å²) in [5, 5.41) is 18.3. The summed E-state index contributed by atoms with van der Waals surface area (Å²) >= 11 is 0. The zero-order chi connectivity index (χ0) is 13.8. The summed E-state index contributed by atoms with van der Waals surface area (Å²) in [6.45, 7) is 1.92. The molecule has 0 saturated heterocycles. The molecule has 1 aromatic heterocycles. The first kappa shape index (κ1) is 13.5. The third-order valence-corrected chi connectivity index (χ3v) is 3.43. The van der Waals surface area contributed by atoms with Gasteiger partial charge >= 0.3 is 5.97 Å². The number of amides is 1. The fourth-order valence-electron chi connectivity index (χ4n) is 2.35. The zero-order valence-electron chi connectivity index (χ0n) is 10.8. The number of carboxylic acids is 1. The molecule has 1 aliphatic carbocycles. The summed E-state index contributed by atoms with van der Waals surface area (Å²) < 4.78 is 0. The Kier molecular flexibility index (Phi) is 4.13. The Balaban J connectivity index is 1.93. The van der Waals surface area contributed by atoms with Gasteiger partial charge in [-0.05, 0) is 19.3 Å². The number of hydrogen-bond acceptors (Lipinski definition) is 4. The molecule has 1 fully saturated rings. The van der Waals surface area contributed by atoms with E-state index in [0.717, 1.165) is 12.8 Å². The van der Waals surface area contributed by atoms with Crippen LogP contribution in [0.25, 0.3) is 0 Å². The van der Waals surface area contributed by atoms with E-state index in [1.807, 2.05) is 6.92 Å². The minimum Gasteiger partial charge on any atom is -0.481 e. The summed E-state index contributed by atoms with van der Waals surface area (Å²) in [7, 11) is 0. The lowest BCUT2D eigenvalue weighted by molar-refractivity contribution is -0.143. The first-order valence-electron chi connectivity index (χ1n) is 6.55. The lowest BCUT2D eigenvalue weighted by atomic mass is 9.86. The average molecular weight is 266 g/mol. The number of nitrogens with one attached hydrogen (secondary N) is 2. The van der Waals surface area contributed by atoms with Gasteiger partial charge in [-0.2, -0.15) is 0 Å². The molecular weight excluding hydrogens is 248 g/mol. The Bertz CT molecular complexity index is 471. The molecule has 1 aliphatic rings. The second kappa shape index (κ2) is 5.81. The van der Waals surface area contributed by atoms with Crippen LogP contribution in [0, 0.1) is 5.92 Å². The van der Waals surface area contributed by atoms with Gasteiger partial charge in [0.2, 0.25) is 5.82 Å². The molecule has 1 amide bonds. The molecule has 0 aromatic carbocycles. The number of H-pyrrole nitrogens is 1. The number of rotatable bonds is 4. The van der Waals surface area contributed by atoms with Crippen molar-refractivity contribution in [1.29, 1.82) is 0 Å². The molecule has 0 radical (unpaired) electrons. The van der Waals surface area contributed by atoms with Crippen molar-refractivity contribution in [3.8, 4) is 0 Å². The Hall–Kier alpha value is -1.92. The van der Waals surface area contributed by atoms with Crippen LogP contribution in [-0.2, 0) is 11.2 Å². The Morgan fingerprint density at radius 2 is 2.26 bits per heavy atom. The van der Waals surface area contributed by atoms with Gasteiger partial charge in [0, 0.05) is 12.5 Å². The molecular formula is C12H18N4O3. The summed E-state index contributed by atoms with van der Waals surface area (Å²) in [5.41, 5.74) is 0. The van der Waals surface area contributed by atoms with Gasteiger partial charge < -0.3 is 10.4 Å². The minimum atomic E-state index is -0.787. The quantitative estimate of drug-likeness (QED) is 0.745. The normalized spacial score (nSPS) is 23.0. The number of carboxylic acid groups (broad SMARTS) is 1. The van der Waals surface area contributed by atoms with Crippen molar-refractivity contribution in [3.63, 3.8) is 0 Å². The maximum absolute atomic E-state index is 11.9. The van der Waals surface area contributed by atoms with E-state index < -0.39 is 5.97 Å². The highest BCUT2D eigenvalue weighted by Crippen LogP contribution is 2.24. The van der Waals surface area contributed by atoms with Gasteiger partial charge in [0.15, 0.2) is 0 Å². The molecule has 0 bridgehead atoms. The van der Waals surface area contributed by atoms with Crippen molar-refractivity contribution < 1.29 is 14.7 Å². The van der Waals surface area contributed by atoms with Crippen LogP contribution in [0.1, 0.15) is 49.1 Å². The maximum Gasteiger partial charge on any atom is 0.306 e. The van der Waals surface area contributed by atoms with Crippen LogP contribution in [-0.4, -0.2) is 38.2 Å². The van der Waals surface area contributed by atoms with Crippen LogP contribution in [0.5, 0.6) is 0 Å². The predicted octanol–water partition coefficient (Wildman–Crippen LogP) is 0.740. The van der Waals surface area contributed by atoms with Crippen molar-refractivity contribution in [3.05, 3.63) is 11.6 Å². The molecule has 1 aromatic rings. The van der Waals surface area contributed by atoms with Gasteiger partial charge in [0.05, 0.1) is 5.92 Å². The summed E-state index contributed by atoms with van der Waals surface area (Å²) in [5.74, 6) is -0.707. The molecule has 2 unspecified atom stereocenters.